The van der Waals surface area contributed by atoms with Crippen LogP contribution in [0.25, 0.3) is 0 Å². The summed E-state index contributed by atoms with van der Waals surface area (Å²) in [4.78, 5) is 0. The topological polar surface area (TPSA) is 28.7 Å². The molecule has 1 heterocycles. The Bertz CT molecular complexity index is 261. The number of fused-ring (bicyclic) bond motifs is 1. The Morgan fingerprint density at radius 2 is 1.80 bits per heavy atom. The standard InChI is InChI=1S/C9H14N2.2C2H6/c1-9(2)4-3-8-7(5-9)6-10-11-8;2*1-2/h6H,3-5H2,1-2H3,(H,10,11);2*1-2H3. The number of nitrogens with zero attached hydrogens (tertiary/aromatic N) is 1. The van der Waals surface area contributed by atoms with E-state index in [1.807, 2.05) is 33.9 Å². The minimum absolute atomic E-state index is 0.483. The van der Waals surface area contributed by atoms with E-state index in [0.717, 1.165) is 0 Å². The van der Waals surface area contributed by atoms with Crippen molar-refractivity contribution in [2.45, 2.75) is 60.8 Å². The second-order valence-corrected chi connectivity index (χ2v) is 4.21. The van der Waals surface area contributed by atoms with Gasteiger partial charge in [-0.25, -0.2) is 0 Å². The highest BCUT2D eigenvalue weighted by Gasteiger charge is 2.25. The van der Waals surface area contributed by atoms with Crippen LogP contribution in [0.15, 0.2) is 6.20 Å². The molecule has 0 radical (unpaired) electrons. The van der Waals surface area contributed by atoms with Crippen LogP contribution >= 0.6 is 0 Å². The first-order chi connectivity index (χ1) is 7.17. The average molecular weight is 210 g/mol. The average Bonchev–Trinajstić information content (AvgIpc) is 2.69. The maximum absolute atomic E-state index is 4.04. The Balaban J connectivity index is 0.000000442. The normalized spacial score (nSPS) is 16.4. The molecule has 0 saturated carbocycles. The van der Waals surface area contributed by atoms with Gasteiger partial charge in [0, 0.05) is 5.69 Å². The quantitative estimate of drug-likeness (QED) is 0.689. The zero-order chi connectivity index (χ0) is 11.9. The van der Waals surface area contributed by atoms with Crippen molar-refractivity contribution in [2.24, 2.45) is 5.41 Å². The van der Waals surface area contributed by atoms with E-state index >= 15 is 0 Å². The number of aryl methyl sites for hydroxylation is 1. The fourth-order valence-corrected chi connectivity index (χ4v) is 1.77. The molecule has 0 amide bonds. The van der Waals surface area contributed by atoms with Crippen molar-refractivity contribution in [1.82, 2.24) is 10.2 Å². The summed E-state index contributed by atoms with van der Waals surface area (Å²) in [7, 11) is 0. The van der Waals surface area contributed by atoms with E-state index in [2.05, 4.69) is 24.0 Å². The van der Waals surface area contributed by atoms with Gasteiger partial charge in [-0.05, 0) is 30.2 Å². The number of nitrogens with one attached hydrogen (secondary N) is 1. The molecule has 0 aliphatic heterocycles. The molecule has 1 aliphatic carbocycles. The minimum Gasteiger partial charge on any atom is -0.282 e. The van der Waals surface area contributed by atoms with Gasteiger partial charge in [0.05, 0.1) is 6.20 Å². The van der Waals surface area contributed by atoms with E-state index in [1.54, 1.807) is 0 Å². The van der Waals surface area contributed by atoms with Gasteiger partial charge in [0.2, 0.25) is 0 Å². The summed E-state index contributed by atoms with van der Waals surface area (Å²) < 4.78 is 0. The van der Waals surface area contributed by atoms with Gasteiger partial charge in [0.25, 0.3) is 0 Å². The molecular formula is C13H26N2. The highest BCUT2D eigenvalue weighted by molar-refractivity contribution is 5.21. The third-order valence-corrected chi connectivity index (χ3v) is 2.53. The van der Waals surface area contributed by atoms with E-state index < -0.39 is 0 Å². The molecule has 88 valence electrons. The van der Waals surface area contributed by atoms with Crippen molar-refractivity contribution in [3.05, 3.63) is 17.5 Å². The van der Waals surface area contributed by atoms with Crippen LogP contribution < -0.4 is 0 Å². The van der Waals surface area contributed by atoms with Crippen LogP contribution in [0.5, 0.6) is 0 Å². The summed E-state index contributed by atoms with van der Waals surface area (Å²) in [5.74, 6) is 0. The maximum atomic E-state index is 4.04. The Morgan fingerprint density at radius 3 is 2.40 bits per heavy atom. The van der Waals surface area contributed by atoms with Crippen LogP contribution in [0.3, 0.4) is 0 Å². The van der Waals surface area contributed by atoms with Gasteiger partial charge in [-0.3, -0.25) is 5.10 Å². The molecule has 0 fully saturated rings. The van der Waals surface area contributed by atoms with Crippen molar-refractivity contribution in [3.8, 4) is 0 Å². The monoisotopic (exact) mass is 210 g/mol. The number of aromatic amines is 1. The molecule has 0 unspecified atom stereocenters. The predicted molar refractivity (Wildman–Crippen MR) is 67.1 cm³/mol. The Labute approximate surface area is 94.5 Å². The highest BCUT2D eigenvalue weighted by Crippen LogP contribution is 2.33. The summed E-state index contributed by atoms with van der Waals surface area (Å²) >= 11 is 0. The van der Waals surface area contributed by atoms with E-state index in [4.69, 9.17) is 0 Å². The van der Waals surface area contributed by atoms with E-state index in [-0.39, 0.29) is 0 Å². The smallest absolute Gasteiger partial charge is 0.0522 e. The fraction of sp³-hybridized carbons (Fsp3) is 0.769. The van der Waals surface area contributed by atoms with Crippen molar-refractivity contribution < 1.29 is 0 Å². The van der Waals surface area contributed by atoms with Crippen LogP contribution in [0.2, 0.25) is 0 Å². The number of hydrogen-bond acceptors (Lipinski definition) is 1. The fourth-order valence-electron chi connectivity index (χ4n) is 1.77. The molecule has 15 heavy (non-hydrogen) atoms. The van der Waals surface area contributed by atoms with Crippen molar-refractivity contribution in [2.75, 3.05) is 0 Å². The highest BCUT2D eigenvalue weighted by atomic mass is 15.1. The lowest BCUT2D eigenvalue weighted by molar-refractivity contribution is 0.314. The molecule has 1 N–H and O–H groups in total. The van der Waals surface area contributed by atoms with Gasteiger partial charge >= 0.3 is 0 Å². The van der Waals surface area contributed by atoms with Gasteiger partial charge in [0.15, 0.2) is 0 Å². The Hall–Kier alpha value is -0.790. The van der Waals surface area contributed by atoms with E-state index in [1.165, 1.54) is 30.5 Å². The van der Waals surface area contributed by atoms with Gasteiger partial charge in [0.1, 0.15) is 0 Å². The summed E-state index contributed by atoms with van der Waals surface area (Å²) in [5.41, 5.74) is 3.25. The molecule has 1 aromatic heterocycles. The first-order valence-electron chi connectivity index (χ1n) is 6.18. The number of H-pyrrole nitrogens is 1. The Kier molecular flexibility index (Phi) is 6.30. The molecule has 2 nitrogen and oxygen atoms in total. The van der Waals surface area contributed by atoms with Crippen LogP contribution in [0.1, 0.15) is 59.2 Å². The van der Waals surface area contributed by atoms with Gasteiger partial charge in [-0.2, -0.15) is 5.10 Å². The third kappa shape index (κ3) is 4.06. The van der Waals surface area contributed by atoms with Crippen molar-refractivity contribution in [1.29, 1.82) is 0 Å². The summed E-state index contributed by atoms with van der Waals surface area (Å²) in [6.45, 7) is 12.6. The van der Waals surface area contributed by atoms with Gasteiger partial charge in [-0.15, -0.1) is 0 Å². The molecule has 0 aromatic carbocycles. The largest absolute Gasteiger partial charge is 0.282 e. The SMILES string of the molecule is CC.CC.CC1(C)CCc2[nH]ncc2C1. The zero-order valence-electron chi connectivity index (χ0n) is 11.1. The predicted octanol–water partition coefficient (Wildman–Crippen LogP) is 3.98. The molecule has 2 rings (SSSR count). The molecule has 0 saturated heterocycles. The minimum atomic E-state index is 0.483. The van der Waals surface area contributed by atoms with Crippen molar-refractivity contribution in [3.63, 3.8) is 0 Å². The lowest BCUT2D eigenvalue weighted by Gasteiger charge is -2.28. The second kappa shape index (κ2) is 6.65. The van der Waals surface area contributed by atoms with Crippen LogP contribution in [0, 0.1) is 5.41 Å². The molecule has 1 aromatic rings. The lowest BCUT2D eigenvalue weighted by atomic mass is 9.77. The van der Waals surface area contributed by atoms with Gasteiger partial charge in [-0.1, -0.05) is 41.5 Å². The number of hydrogen-bond donors (Lipinski definition) is 1. The number of aromatic nitrogens is 2. The second-order valence-electron chi connectivity index (χ2n) is 4.21. The summed E-state index contributed by atoms with van der Waals surface area (Å²) in [6, 6.07) is 0. The third-order valence-electron chi connectivity index (χ3n) is 2.53. The molecule has 2 heteroatoms. The Morgan fingerprint density at radius 1 is 1.20 bits per heavy atom. The lowest BCUT2D eigenvalue weighted by Crippen LogP contribution is -2.21. The van der Waals surface area contributed by atoms with E-state index in [0.29, 0.717) is 5.41 Å². The maximum Gasteiger partial charge on any atom is 0.0522 e. The number of rotatable bonds is 0. The first-order valence-corrected chi connectivity index (χ1v) is 6.18. The summed E-state index contributed by atoms with van der Waals surface area (Å²) in [5, 5.41) is 7.09. The van der Waals surface area contributed by atoms with E-state index in [9.17, 15) is 0 Å². The van der Waals surface area contributed by atoms with Crippen LogP contribution in [-0.2, 0) is 12.8 Å². The molecule has 0 bridgehead atoms. The first kappa shape index (κ1) is 14.2. The van der Waals surface area contributed by atoms with Crippen LogP contribution in [0.4, 0.5) is 0 Å². The zero-order valence-corrected chi connectivity index (χ0v) is 11.1. The molecular weight excluding hydrogens is 184 g/mol. The molecule has 0 spiro atoms. The van der Waals surface area contributed by atoms with Crippen LogP contribution in [-0.4, -0.2) is 10.2 Å². The van der Waals surface area contributed by atoms with Gasteiger partial charge < -0.3 is 0 Å². The summed E-state index contributed by atoms with van der Waals surface area (Å²) in [6.07, 6.45) is 5.60. The molecule has 0 atom stereocenters. The van der Waals surface area contributed by atoms with Crippen molar-refractivity contribution >= 4 is 0 Å². The molecule has 1 aliphatic rings.